The van der Waals surface area contributed by atoms with Crippen LogP contribution in [0.15, 0.2) is 42.0 Å². The van der Waals surface area contributed by atoms with Crippen LogP contribution in [0.3, 0.4) is 0 Å². The zero-order valence-electron chi connectivity index (χ0n) is 22.4. The number of ether oxygens (including phenoxy) is 2. The average molecular weight is 659 g/mol. The number of rotatable bonds is 8. The van der Waals surface area contributed by atoms with E-state index < -0.39 is 0 Å². The highest BCUT2D eigenvalue weighted by atomic mass is 127. The van der Waals surface area contributed by atoms with Crippen LogP contribution in [-0.2, 0) is 0 Å². The molecular weight excluding hydrogens is 627 g/mol. The van der Waals surface area contributed by atoms with Gasteiger partial charge in [0.05, 0.1) is 39.3 Å². The van der Waals surface area contributed by atoms with E-state index >= 15 is 0 Å². The fourth-order valence-electron chi connectivity index (χ4n) is 4.73. The molecule has 9 nitrogen and oxygen atoms in total. The Morgan fingerprint density at radius 3 is 2.59 bits per heavy atom. The lowest BCUT2D eigenvalue weighted by molar-refractivity contribution is 0.102. The number of anilines is 4. The van der Waals surface area contributed by atoms with E-state index in [1.165, 1.54) is 23.4 Å². The molecule has 204 valence electrons. The van der Waals surface area contributed by atoms with Crippen molar-refractivity contribution in [3.8, 4) is 11.5 Å². The highest BCUT2D eigenvalue weighted by Gasteiger charge is 2.22. The van der Waals surface area contributed by atoms with Crippen molar-refractivity contribution >= 4 is 72.9 Å². The number of fused-ring (bicyclic) bond motifs is 1. The van der Waals surface area contributed by atoms with E-state index in [1.54, 1.807) is 14.2 Å². The van der Waals surface area contributed by atoms with Crippen LogP contribution < -0.4 is 25.0 Å². The van der Waals surface area contributed by atoms with E-state index in [4.69, 9.17) is 9.47 Å². The predicted molar refractivity (Wildman–Crippen MR) is 166 cm³/mol. The highest BCUT2D eigenvalue weighted by Crippen LogP contribution is 2.39. The molecule has 0 bridgehead atoms. The van der Waals surface area contributed by atoms with Gasteiger partial charge in [-0.15, -0.1) is 11.3 Å². The lowest BCUT2D eigenvalue weighted by Gasteiger charge is -2.35. The molecule has 1 aliphatic rings. The van der Waals surface area contributed by atoms with Crippen molar-refractivity contribution in [2.24, 2.45) is 0 Å². The molecular formula is C28H31IN6O3S. The first-order valence-electron chi connectivity index (χ1n) is 12.7. The Morgan fingerprint density at radius 2 is 1.87 bits per heavy atom. The van der Waals surface area contributed by atoms with Crippen molar-refractivity contribution in [1.82, 2.24) is 14.9 Å². The number of carbonyl (C=O) groups excluding carboxylic acids is 1. The molecule has 2 N–H and O–H groups in total. The van der Waals surface area contributed by atoms with E-state index in [0.717, 1.165) is 52.2 Å². The molecule has 39 heavy (non-hydrogen) atoms. The summed E-state index contributed by atoms with van der Waals surface area (Å²) >= 11 is 3.62. The van der Waals surface area contributed by atoms with Crippen LogP contribution in [0, 0.1) is 10.5 Å². The van der Waals surface area contributed by atoms with Crippen LogP contribution in [0.5, 0.6) is 11.5 Å². The number of likely N-dealkylation sites (N-methyl/N-ethyl adjacent to an activating group) is 1. The summed E-state index contributed by atoms with van der Waals surface area (Å²) in [6, 6.07) is 10.2. The molecule has 0 aliphatic carbocycles. The molecule has 1 saturated heterocycles. The highest BCUT2D eigenvalue weighted by molar-refractivity contribution is 14.1. The van der Waals surface area contributed by atoms with Crippen LogP contribution >= 0.6 is 33.9 Å². The number of hydrogen-bond acceptors (Lipinski definition) is 9. The number of carbonyl (C=O) groups is 1. The van der Waals surface area contributed by atoms with Crippen LogP contribution in [0.25, 0.3) is 10.2 Å². The average Bonchev–Trinajstić information content (AvgIpc) is 3.41. The van der Waals surface area contributed by atoms with Crippen LogP contribution in [0.4, 0.5) is 22.9 Å². The van der Waals surface area contributed by atoms with Gasteiger partial charge in [-0.3, -0.25) is 4.79 Å². The van der Waals surface area contributed by atoms with Gasteiger partial charge < -0.3 is 29.9 Å². The van der Waals surface area contributed by atoms with Gasteiger partial charge in [0.1, 0.15) is 17.8 Å². The maximum absolute atomic E-state index is 13.4. The minimum absolute atomic E-state index is 0.254. The number of aromatic nitrogens is 2. The maximum atomic E-state index is 13.4. The number of piperazine rings is 1. The van der Waals surface area contributed by atoms with Crippen molar-refractivity contribution in [1.29, 1.82) is 0 Å². The standard InChI is InChI=1S/C28H31IN6O3S/c1-5-34-9-11-35(12-10-34)19-8-6-7-18(13-19)32-27-26-25(30-16-31-27)20(15-39-26)28(36)33-24-17(2)21(37-3)14-22(38-4)23(24)29/h6-8,13-16H,5,9-12H2,1-4H3,(H,33,36)(H,30,31,32). The van der Waals surface area contributed by atoms with E-state index in [9.17, 15) is 4.79 Å². The number of benzene rings is 2. The molecule has 2 aromatic heterocycles. The van der Waals surface area contributed by atoms with Crippen LogP contribution in [-0.4, -0.2) is 67.7 Å². The summed E-state index contributed by atoms with van der Waals surface area (Å²) in [5, 5.41) is 8.33. The third-order valence-electron chi connectivity index (χ3n) is 7.01. The van der Waals surface area contributed by atoms with E-state index in [-0.39, 0.29) is 5.91 Å². The second-order valence-electron chi connectivity index (χ2n) is 9.20. The molecule has 0 unspecified atom stereocenters. The quantitative estimate of drug-likeness (QED) is 0.231. The molecule has 0 spiro atoms. The van der Waals surface area contributed by atoms with E-state index in [1.807, 2.05) is 24.4 Å². The van der Waals surface area contributed by atoms with Crippen LogP contribution in [0.1, 0.15) is 22.8 Å². The Kier molecular flexibility index (Phi) is 8.38. The molecule has 1 aliphatic heterocycles. The fraction of sp³-hybridized carbons (Fsp3) is 0.321. The summed E-state index contributed by atoms with van der Waals surface area (Å²) in [7, 11) is 3.19. The zero-order valence-corrected chi connectivity index (χ0v) is 25.4. The van der Waals surface area contributed by atoms with Gasteiger partial charge in [-0.2, -0.15) is 0 Å². The molecule has 1 amide bonds. The summed E-state index contributed by atoms with van der Waals surface area (Å²) in [5.41, 5.74) is 4.69. The fourth-order valence-corrected chi connectivity index (χ4v) is 6.59. The van der Waals surface area contributed by atoms with Crippen molar-refractivity contribution < 1.29 is 14.3 Å². The van der Waals surface area contributed by atoms with Gasteiger partial charge in [0.25, 0.3) is 5.91 Å². The number of nitrogens with one attached hydrogen (secondary N) is 2. The molecule has 1 fully saturated rings. The monoisotopic (exact) mass is 658 g/mol. The molecule has 0 atom stereocenters. The molecule has 2 aromatic carbocycles. The van der Waals surface area contributed by atoms with Crippen molar-refractivity contribution in [2.45, 2.75) is 13.8 Å². The predicted octanol–water partition coefficient (Wildman–Crippen LogP) is 5.76. The van der Waals surface area contributed by atoms with Gasteiger partial charge in [-0.1, -0.05) is 13.0 Å². The SMILES string of the molecule is CCN1CCN(c2cccc(Nc3ncnc4c(C(=O)Nc5c(C)c(OC)cc(OC)c5I)csc34)c2)CC1. The number of methoxy groups -OCH3 is 2. The first-order valence-corrected chi connectivity index (χ1v) is 14.7. The summed E-state index contributed by atoms with van der Waals surface area (Å²) in [6.07, 6.45) is 1.49. The zero-order chi connectivity index (χ0) is 27.5. The summed E-state index contributed by atoms with van der Waals surface area (Å²) in [4.78, 5) is 27.3. The second-order valence-corrected chi connectivity index (χ2v) is 11.2. The van der Waals surface area contributed by atoms with Crippen molar-refractivity contribution in [3.63, 3.8) is 0 Å². The molecule has 3 heterocycles. The number of amides is 1. The third kappa shape index (κ3) is 5.61. The van der Waals surface area contributed by atoms with Crippen LogP contribution in [0.2, 0.25) is 0 Å². The minimum Gasteiger partial charge on any atom is -0.496 e. The van der Waals surface area contributed by atoms with E-state index in [0.29, 0.717) is 34.1 Å². The van der Waals surface area contributed by atoms with E-state index in [2.05, 4.69) is 78.1 Å². The first kappa shape index (κ1) is 27.4. The van der Waals surface area contributed by atoms with Gasteiger partial charge in [0.2, 0.25) is 0 Å². The Hall–Kier alpha value is -3.16. The number of thiophene rings is 1. The number of hydrogen-bond donors (Lipinski definition) is 2. The molecule has 4 aromatic rings. The Labute approximate surface area is 245 Å². The summed E-state index contributed by atoms with van der Waals surface area (Å²) in [6.45, 7) is 9.37. The Morgan fingerprint density at radius 1 is 1.10 bits per heavy atom. The van der Waals surface area contributed by atoms with Gasteiger partial charge in [-0.05, 0) is 54.3 Å². The lowest BCUT2D eigenvalue weighted by Crippen LogP contribution is -2.46. The number of halogens is 1. The maximum Gasteiger partial charge on any atom is 0.258 e. The largest absolute Gasteiger partial charge is 0.496 e. The first-order chi connectivity index (χ1) is 18.9. The van der Waals surface area contributed by atoms with Crippen molar-refractivity contribution in [3.05, 3.63) is 56.7 Å². The lowest BCUT2D eigenvalue weighted by atomic mass is 10.1. The summed E-state index contributed by atoms with van der Waals surface area (Å²) in [5.74, 6) is 1.69. The van der Waals surface area contributed by atoms with Gasteiger partial charge in [-0.25, -0.2) is 9.97 Å². The summed E-state index contributed by atoms with van der Waals surface area (Å²) < 4.78 is 12.6. The Bertz CT molecular complexity index is 1470. The number of nitrogens with zero attached hydrogens (tertiary/aromatic N) is 4. The van der Waals surface area contributed by atoms with Gasteiger partial charge in [0.15, 0.2) is 5.82 Å². The van der Waals surface area contributed by atoms with Gasteiger partial charge in [0, 0.05) is 54.6 Å². The normalized spacial score (nSPS) is 13.9. The smallest absolute Gasteiger partial charge is 0.258 e. The minimum atomic E-state index is -0.254. The molecule has 5 rings (SSSR count). The van der Waals surface area contributed by atoms with Crippen molar-refractivity contribution in [2.75, 3.05) is 62.5 Å². The molecule has 0 radical (unpaired) electrons. The third-order valence-corrected chi connectivity index (χ3v) is 9.06. The molecule has 0 saturated carbocycles. The Balaban J connectivity index is 1.39. The molecule has 11 heteroatoms. The van der Waals surface area contributed by atoms with Gasteiger partial charge >= 0.3 is 0 Å². The second kappa shape index (κ2) is 11.9. The topological polar surface area (TPSA) is 91.9 Å².